The zero-order valence-electron chi connectivity index (χ0n) is 10.7. The lowest BCUT2D eigenvalue weighted by Gasteiger charge is -2.19. The number of rotatable bonds is 3. The summed E-state index contributed by atoms with van der Waals surface area (Å²) in [6, 6.07) is 3.63. The number of likely N-dealkylation sites (N-methyl/N-ethyl adjacent to an activating group) is 1. The van der Waals surface area contributed by atoms with Crippen LogP contribution in [0.25, 0.3) is 0 Å². The van der Waals surface area contributed by atoms with Crippen molar-refractivity contribution in [3.05, 3.63) is 35.4 Å². The van der Waals surface area contributed by atoms with Gasteiger partial charge in [-0.05, 0) is 23.5 Å². The zero-order valence-corrected chi connectivity index (χ0v) is 10.7. The van der Waals surface area contributed by atoms with Crippen molar-refractivity contribution in [2.45, 2.75) is 12.5 Å². The topological polar surface area (TPSA) is 32.3 Å². The number of nitrogens with zero attached hydrogens (tertiary/aromatic N) is 1. The number of benzene rings is 1. The van der Waals surface area contributed by atoms with Gasteiger partial charge in [-0.15, -0.1) is 0 Å². The molecule has 2 fully saturated rings. The Labute approximate surface area is 110 Å². The molecule has 2 aliphatic rings. The number of carbonyl (C=O) groups excluding carboxylic acids is 1. The molecule has 1 heterocycles. The summed E-state index contributed by atoms with van der Waals surface area (Å²) in [5, 5.41) is 3.27. The zero-order chi connectivity index (χ0) is 13.6. The molecule has 3 nitrogen and oxygen atoms in total. The van der Waals surface area contributed by atoms with Gasteiger partial charge in [0.1, 0.15) is 11.6 Å². The van der Waals surface area contributed by atoms with E-state index >= 15 is 0 Å². The van der Waals surface area contributed by atoms with Gasteiger partial charge < -0.3 is 10.2 Å². The Balaban J connectivity index is 1.65. The normalized spacial score (nSPS) is 28.1. The quantitative estimate of drug-likeness (QED) is 0.891. The van der Waals surface area contributed by atoms with E-state index in [1.54, 1.807) is 11.9 Å². The van der Waals surface area contributed by atoms with Crippen LogP contribution in [0.4, 0.5) is 8.78 Å². The summed E-state index contributed by atoms with van der Waals surface area (Å²) in [7, 11) is 1.77. The lowest BCUT2D eigenvalue weighted by atomic mass is 10.1. The van der Waals surface area contributed by atoms with Crippen LogP contribution in [-0.4, -0.2) is 37.0 Å². The number of piperidine rings is 1. The van der Waals surface area contributed by atoms with E-state index in [0.29, 0.717) is 11.8 Å². The van der Waals surface area contributed by atoms with Crippen LogP contribution >= 0.6 is 0 Å². The van der Waals surface area contributed by atoms with Crippen LogP contribution in [-0.2, 0) is 11.2 Å². The SMILES string of the molecule is CN(C(=O)Cc1ccc(F)cc1F)C1[C@H]2CNC[C@@H]12. The van der Waals surface area contributed by atoms with Gasteiger partial charge in [0, 0.05) is 32.2 Å². The number of hydrogen-bond acceptors (Lipinski definition) is 2. The molecule has 1 unspecified atom stereocenters. The van der Waals surface area contributed by atoms with E-state index in [1.165, 1.54) is 12.1 Å². The highest BCUT2D eigenvalue weighted by Crippen LogP contribution is 2.45. The first-order valence-electron chi connectivity index (χ1n) is 6.48. The van der Waals surface area contributed by atoms with Crippen molar-refractivity contribution in [2.75, 3.05) is 20.1 Å². The highest BCUT2D eigenvalue weighted by molar-refractivity contribution is 5.79. The van der Waals surface area contributed by atoms with E-state index in [0.717, 1.165) is 19.2 Å². The van der Waals surface area contributed by atoms with Gasteiger partial charge in [0.2, 0.25) is 5.91 Å². The summed E-state index contributed by atoms with van der Waals surface area (Å²) >= 11 is 0. The molecule has 1 aromatic rings. The molecule has 1 aliphatic heterocycles. The maximum absolute atomic E-state index is 13.5. The molecule has 0 radical (unpaired) electrons. The molecule has 1 aromatic carbocycles. The van der Waals surface area contributed by atoms with Crippen LogP contribution in [0, 0.1) is 23.5 Å². The second-order valence-electron chi connectivity index (χ2n) is 5.39. The molecule has 19 heavy (non-hydrogen) atoms. The number of nitrogens with one attached hydrogen (secondary N) is 1. The second kappa shape index (κ2) is 4.56. The summed E-state index contributed by atoms with van der Waals surface area (Å²) in [6.07, 6.45) is -0.00795. The van der Waals surface area contributed by atoms with Gasteiger partial charge in [-0.2, -0.15) is 0 Å². The fraction of sp³-hybridized carbons (Fsp3) is 0.500. The summed E-state index contributed by atoms with van der Waals surface area (Å²) in [5.41, 5.74) is 0.252. The van der Waals surface area contributed by atoms with Gasteiger partial charge in [-0.3, -0.25) is 4.79 Å². The molecule has 0 spiro atoms. The highest BCUT2D eigenvalue weighted by Gasteiger charge is 2.55. The molecule has 1 N–H and O–H groups in total. The standard InChI is InChI=1S/C14H16F2N2O/c1-18(14-10-6-17-7-11(10)14)13(19)4-8-2-3-9(15)5-12(8)16/h2-3,5,10-11,14,17H,4,6-7H2,1H3/t10-,11+,14?. The van der Waals surface area contributed by atoms with Crippen LogP contribution in [0.5, 0.6) is 0 Å². The van der Waals surface area contributed by atoms with Gasteiger partial charge in [-0.1, -0.05) is 6.07 Å². The van der Waals surface area contributed by atoms with Gasteiger partial charge in [-0.25, -0.2) is 8.78 Å². The van der Waals surface area contributed by atoms with Gasteiger partial charge >= 0.3 is 0 Å². The van der Waals surface area contributed by atoms with E-state index in [9.17, 15) is 13.6 Å². The Bertz CT molecular complexity index is 510. The first-order valence-corrected chi connectivity index (χ1v) is 6.48. The van der Waals surface area contributed by atoms with Crippen molar-refractivity contribution in [1.29, 1.82) is 0 Å². The first-order chi connectivity index (χ1) is 9.08. The second-order valence-corrected chi connectivity index (χ2v) is 5.39. The monoisotopic (exact) mass is 266 g/mol. The number of hydrogen-bond donors (Lipinski definition) is 1. The summed E-state index contributed by atoms with van der Waals surface area (Å²) in [5.74, 6) is -0.284. The van der Waals surface area contributed by atoms with Crippen molar-refractivity contribution in [2.24, 2.45) is 11.8 Å². The van der Waals surface area contributed by atoms with E-state index < -0.39 is 11.6 Å². The molecule has 1 saturated heterocycles. The molecule has 102 valence electrons. The minimum absolute atomic E-state index is 0.00795. The van der Waals surface area contributed by atoms with Crippen LogP contribution in [0.1, 0.15) is 5.56 Å². The smallest absolute Gasteiger partial charge is 0.227 e. The maximum atomic E-state index is 13.5. The van der Waals surface area contributed by atoms with Crippen molar-refractivity contribution < 1.29 is 13.6 Å². The Morgan fingerprint density at radius 3 is 2.68 bits per heavy atom. The third-order valence-corrected chi connectivity index (χ3v) is 4.24. The molecule has 5 heteroatoms. The fourth-order valence-corrected chi connectivity index (χ4v) is 3.08. The van der Waals surface area contributed by atoms with Gasteiger partial charge in [0.15, 0.2) is 0 Å². The molecule has 1 aliphatic carbocycles. The predicted molar refractivity (Wildman–Crippen MR) is 66.5 cm³/mol. The number of carbonyl (C=O) groups is 1. The fourth-order valence-electron chi connectivity index (χ4n) is 3.08. The Morgan fingerprint density at radius 2 is 2.05 bits per heavy atom. The van der Waals surface area contributed by atoms with E-state index in [-0.39, 0.29) is 23.9 Å². The average molecular weight is 266 g/mol. The van der Waals surface area contributed by atoms with Crippen LogP contribution in [0.15, 0.2) is 18.2 Å². The molecule has 1 saturated carbocycles. The van der Waals surface area contributed by atoms with Crippen molar-refractivity contribution in [3.8, 4) is 0 Å². The number of halogens is 2. The van der Waals surface area contributed by atoms with E-state index in [1.807, 2.05) is 0 Å². The molecular weight excluding hydrogens is 250 g/mol. The Morgan fingerprint density at radius 1 is 1.37 bits per heavy atom. The van der Waals surface area contributed by atoms with Crippen LogP contribution < -0.4 is 5.32 Å². The van der Waals surface area contributed by atoms with E-state index in [2.05, 4.69) is 5.32 Å². The lowest BCUT2D eigenvalue weighted by Crippen LogP contribution is -2.35. The van der Waals surface area contributed by atoms with Gasteiger partial charge in [0.25, 0.3) is 0 Å². The largest absolute Gasteiger partial charge is 0.342 e. The van der Waals surface area contributed by atoms with Crippen LogP contribution in [0.3, 0.4) is 0 Å². The predicted octanol–water partition coefficient (Wildman–Crippen LogP) is 1.18. The van der Waals surface area contributed by atoms with Crippen molar-refractivity contribution in [1.82, 2.24) is 10.2 Å². The maximum Gasteiger partial charge on any atom is 0.227 e. The average Bonchev–Trinajstić information content (AvgIpc) is 2.84. The highest BCUT2D eigenvalue weighted by atomic mass is 19.1. The Hall–Kier alpha value is -1.49. The minimum atomic E-state index is -0.653. The van der Waals surface area contributed by atoms with Crippen molar-refractivity contribution >= 4 is 5.91 Å². The summed E-state index contributed by atoms with van der Waals surface area (Å²) in [4.78, 5) is 13.8. The molecule has 0 aromatic heterocycles. The first kappa shape index (κ1) is 12.5. The summed E-state index contributed by atoms with van der Waals surface area (Å²) in [6.45, 7) is 1.91. The Kier molecular flexibility index (Phi) is 3.01. The van der Waals surface area contributed by atoms with Gasteiger partial charge in [0.05, 0.1) is 6.42 Å². The lowest BCUT2D eigenvalue weighted by molar-refractivity contribution is -0.130. The number of fused-ring (bicyclic) bond motifs is 1. The van der Waals surface area contributed by atoms with Crippen molar-refractivity contribution in [3.63, 3.8) is 0 Å². The minimum Gasteiger partial charge on any atom is -0.342 e. The molecular formula is C14H16F2N2O. The van der Waals surface area contributed by atoms with Crippen LogP contribution in [0.2, 0.25) is 0 Å². The molecule has 3 atom stereocenters. The molecule has 0 bridgehead atoms. The molecule has 1 amide bonds. The third kappa shape index (κ3) is 2.23. The van der Waals surface area contributed by atoms with E-state index in [4.69, 9.17) is 0 Å². The molecule has 3 rings (SSSR count). The summed E-state index contributed by atoms with van der Waals surface area (Å²) < 4.78 is 26.3. The third-order valence-electron chi connectivity index (χ3n) is 4.24. The number of amides is 1.